The van der Waals surface area contributed by atoms with Gasteiger partial charge in [-0.15, -0.1) is 0 Å². The fourth-order valence-corrected chi connectivity index (χ4v) is 4.43. The number of methoxy groups -OCH3 is 1. The van der Waals surface area contributed by atoms with Crippen LogP contribution in [-0.2, 0) is 19.3 Å². The molecule has 0 radical (unpaired) electrons. The molecule has 1 aromatic heterocycles. The molecular weight excluding hydrogens is 502 g/mol. The Morgan fingerprint density at radius 1 is 0.921 bits per heavy atom. The van der Waals surface area contributed by atoms with Gasteiger partial charge in [0, 0.05) is 17.3 Å². The number of halogens is 4. The zero-order valence-electron chi connectivity index (χ0n) is 20.6. The molecule has 1 atom stereocenters. The highest BCUT2D eigenvalue weighted by Gasteiger charge is 2.33. The van der Waals surface area contributed by atoms with Crippen LogP contribution in [0.2, 0.25) is 0 Å². The van der Waals surface area contributed by atoms with E-state index in [2.05, 4.69) is 0 Å². The second-order valence-electron chi connectivity index (χ2n) is 8.74. The van der Waals surface area contributed by atoms with E-state index >= 15 is 4.39 Å². The van der Waals surface area contributed by atoms with Gasteiger partial charge >= 0.3 is 11.9 Å². The number of ether oxygens (including phenoxy) is 1. The van der Waals surface area contributed by atoms with Gasteiger partial charge in [0.05, 0.1) is 31.3 Å². The topological polar surface area (TPSA) is 79.2 Å². The van der Waals surface area contributed by atoms with E-state index in [1.54, 1.807) is 30.3 Å². The molecule has 0 saturated carbocycles. The van der Waals surface area contributed by atoms with Crippen molar-refractivity contribution in [1.82, 2.24) is 9.13 Å². The summed E-state index contributed by atoms with van der Waals surface area (Å²) in [5, 5.41) is 0. The highest BCUT2D eigenvalue weighted by molar-refractivity contribution is 5.67. The first kappa shape index (κ1) is 26.9. The van der Waals surface area contributed by atoms with Crippen molar-refractivity contribution < 1.29 is 22.3 Å². The Kier molecular flexibility index (Phi) is 7.54. The molecule has 0 saturated heterocycles. The van der Waals surface area contributed by atoms with Crippen molar-refractivity contribution in [3.63, 3.8) is 0 Å². The van der Waals surface area contributed by atoms with Crippen LogP contribution in [0.4, 0.5) is 17.6 Å². The molecule has 4 rings (SSSR count). The van der Waals surface area contributed by atoms with Crippen LogP contribution < -0.4 is 21.7 Å². The zero-order chi connectivity index (χ0) is 27.6. The molecule has 0 aliphatic heterocycles. The first-order valence-electron chi connectivity index (χ1n) is 11.7. The standard InChI is InChI=1S/C28H25F4N3O3/c1-17-24(20-12-8-14-23(38-2)25(20)29)26(36)35(16-22(33)18-9-4-3-5-10-18)27(37)34(17)15-19-11-6-7-13-21(19)28(30,31)32/h3-14,22H,15-16,33H2,1-2H3/t22-/m0/s1. The van der Waals surface area contributed by atoms with Gasteiger partial charge in [-0.05, 0) is 30.2 Å². The fourth-order valence-electron chi connectivity index (χ4n) is 4.43. The minimum atomic E-state index is -4.67. The lowest BCUT2D eigenvalue weighted by atomic mass is 10.0. The van der Waals surface area contributed by atoms with Crippen LogP contribution in [0.5, 0.6) is 5.75 Å². The summed E-state index contributed by atoms with van der Waals surface area (Å²) >= 11 is 0. The summed E-state index contributed by atoms with van der Waals surface area (Å²) in [4.78, 5) is 27.3. The Bertz CT molecular complexity index is 1580. The Morgan fingerprint density at radius 2 is 1.58 bits per heavy atom. The van der Waals surface area contributed by atoms with Gasteiger partial charge in [0.1, 0.15) is 0 Å². The van der Waals surface area contributed by atoms with Gasteiger partial charge in [-0.2, -0.15) is 13.2 Å². The van der Waals surface area contributed by atoms with Crippen molar-refractivity contribution in [3.05, 3.63) is 122 Å². The molecule has 0 aliphatic rings. The molecule has 1 heterocycles. The maximum Gasteiger partial charge on any atom is 0.416 e. The average molecular weight is 528 g/mol. The molecule has 0 unspecified atom stereocenters. The lowest BCUT2D eigenvalue weighted by Gasteiger charge is -2.21. The van der Waals surface area contributed by atoms with Crippen LogP contribution in [-0.4, -0.2) is 16.2 Å². The van der Waals surface area contributed by atoms with Gasteiger partial charge in [-0.1, -0.05) is 60.7 Å². The third-order valence-corrected chi connectivity index (χ3v) is 6.40. The molecule has 0 fully saturated rings. The lowest BCUT2D eigenvalue weighted by molar-refractivity contribution is -0.138. The Labute approximate surface area is 215 Å². The molecule has 0 aliphatic carbocycles. The molecule has 6 nitrogen and oxygen atoms in total. The van der Waals surface area contributed by atoms with Crippen molar-refractivity contribution in [1.29, 1.82) is 0 Å². The summed E-state index contributed by atoms with van der Waals surface area (Å²) in [6, 6.07) is 17.0. The predicted octanol–water partition coefficient (Wildman–Crippen LogP) is 4.90. The maximum absolute atomic E-state index is 15.3. The molecule has 2 N–H and O–H groups in total. The van der Waals surface area contributed by atoms with E-state index in [0.29, 0.717) is 5.56 Å². The van der Waals surface area contributed by atoms with Crippen LogP contribution in [0, 0.1) is 12.7 Å². The number of rotatable bonds is 7. The number of nitrogens with zero attached hydrogens (tertiary/aromatic N) is 2. The SMILES string of the molecule is COc1cccc(-c2c(C)n(Cc3ccccc3C(F)(F)F)c(=O)n(C[C@H](N)c3ccccc3)c2=O)c1F. The highest BCUT2D eigenvalue weighted by atomic mass is 19.4. The minimum absolute atomic E-state index is 0.00802. The molecule has 38 heavy (non-hydrogen) atoms. The molecule has 3 aromatic carbocycles. The second-order valence-corrected chi connectivity index (χ2v) is 8.74. The van der Waals surface area contributed by atoms with Crippen LogP contribution >= 0.6 is 0 Å². The van der Waals surface area contributed by atoms with Gasteiger partial charge in [0.15, 0.2) is 11.6 Å². The van der Waals surface area contributed by atoms with Crippen molar-refractivity contribution in [3.8, 4) is 16.9 Å². The van der Waals surface area contributed by atoms with E-state index in [1.165, 1.54) is 50.4 Å². The Balaban J connectivity index is 1.97. The quantitative estimate of drug-likeness (QED) is 0.347. The molecular formula is C28H25F4N3O3. The number of aromatic nitrogens is 2. The number of benzene rings is 3. The second kappa shape index (κ2) is 10.7. The van der Waals surface area contributed by atoms with E-state index in [-0.39, 0.29) is 34.7 Å². The van der Waals surface area contributed by atoms with Crippen LogP contribution in [0.25, 0.3) is 11.1 Å². The van der Waals surface area contributed by atoms with Crippen LogP contribution in [0.1, 0.15) is 28.4 Å². The monoisotopic (exact) mass is 527 g/mol. The van der Waals surface area contributed by atoms with Crippen molar-refractivity contribution in [2.24, 2.45) is 5.73 Å². The number of hydrogen-bond acceptors (Lipinski definition) is 4. The molecule has 4 aromatic rings. The molecule has 10 heteroatoms. The van der Waals surface area contributed by atoms with Crippen LogP contribution in [0.15, 0.2) is 82.4 Å². The third-order valence-electron chi connectivity index (χ3n) is 6.40. The summed E-state index contributed by atoms with van der Waals surface area (Å²) < 4.78 is 63.4. The van der Waals surface area contributed by atoms with Gasteiger partial charge in [0.25, 0.3) is 5.56 Å². The first-order chi connectivity index (χ1) is 18.0. The van der Waals surface area contributed by atoms with Crippen LogP contribution in [0.3, 0.4) is 0 Å². The molecule has 0 bridgehead atoms. The van der Waals surface area contributed by atoms with Gasteiger partial charge in [-0.25, -0.2) is 9.18 Å². The summed E-state index contributed by atoms with van der Waals surface area (Å²) in [5.41, 5.74) is 3.86. The minimum Gasteiger partial charge on any atom is -0.494 e. The molecule has 198 valence electrons. The predicted molar refractivity (Wildman–Crippen MR) is 136 cm³/mol. The first-order valence-corrected chi connectivity index (χ1v) is 11.7. The number of nitrogens with two attached hydrogens (primary N) is 1. The fraction of sp³-hybridized carbons (Fsp3) is 0.214. The smallest absolute Gasteiger partial charge is 0.416 e. The van der Waals surface area contributed by atoms with Crippen molar-refractivity contribution >= 4 is 0 Å². The average Bonchev–Trinajstić information content (AvgIpc) is 2.90. The number of alkyl halides is 3. The number of hydrogen-bond donors (Lipinski definition) is 1. The molecule has 0 amide bonds. The summed E-state index contributed by atoms with van der Waals surface area (Å²) in [7, 11) is 1.27. The van der Waals surface area contributed by atoms with Gasteiger partial charge < -0.3 is 10.5 Å². The summed E-state index contributed by atoms with van der Waals surface area (Å²) in [6.07, 6.45) is -4.67. The van der Waals surface area contributed by atoms with E-state index in [1.807, 2.05) is 0 Å². The van der Waals surface area contributed by atoms with Crippen molar-refractivity contribution in [2.45, 2.75) is 32.2 Å². The Morgan fingerprint density at radius 3 is 2.24 bits per heavy atom. The lowest BCUT2D eigenvalue weighted by Crippen LogP contribution is -2.44. The van der Waals surface area contributed by atoms with E-state index in [0.717, 1.165) is 15.2 Å². The van der Waals surface area contributed by atoms with E-state index in [4.69, 9.17) is 10.5 Å². The Hall–Kier alpha value is -4.18. The normalized spacial score (nSPS) is 12.4. The summed E-state index contributed by atoms with van der Waals surface area (Å²) in [5.74, 6) is -0.969. The largest absolute Gasteiger partial charge is 0.494 e. The highest BCUT2D eigenvalue weighted by Crippen LogP contribution is 2.33. The van der Waals surface area contributed by atoms with E-state index in [9.17, 15) is 22.8 Å². The van der Waals surface area contributed by atoms with Gasteiger partial charge in [-0.3, -0.25) is 13.9 Å². The molecule has 0 spiro atoms. The maximum atomic E-state index is 15.3. The summed E-state index contributed by atoms with van der Waals surface area (Å²) in [6.45, 7) is 0.621. The van der Waals surface area contributed by atoms with Gasteiger partial charge in [0.2, 0.25) is 0 Å². The van der Waals surface area contributed by atoms with Crippen molar-refractivity contribution in [2.75, 3.05) is 7.11 Å². The third kappa shape index (κ3) is 5.12. The van der Waals surface area contributed by atoms with E-state index < -0.39 is 41.4 Å². The zero-order valence-corrected chi connectivity index (χ0v) is 20.6.